The lowest BCUT2D eigenvalue weighted by Crippen LogP contribution is -2.43. The predicted octanol–water partition coefficient (Wildman–Crippen LogP) is 1.67. The molecule has 0 saturated carbocycles. The highest BCUT2D eigenvalue weighted by atomic mass is 79.9. The van der Waals surface area contributed by atoms with Crippen LogP contribution in [-0.2, 0) is 0 Å². The molecule has 1 aromatic carbocycles. The highest BCUT2D eigenvalue weighted by molar-refractivity contribution is 9.07. The normalized spacial score (nSPS) is 18.8. The Bertz CT molecular complexity index is 844. The zero-order valence-electron chi connectivity index (χ0n) is 13.4. The average molecular weight is 403 g/mol. The Morgan fingerprint density at radius 1 is 1.16 bits per heavy atom. The van der Waals surface area contributed by atoms with Crippen molar-refractivity contribution >= 4 is 28.0 Å². The number of halogens is 1. The van der Waals surface area contributed by atoms with Crippen molar-refractivity contribution in [2.24, 2.45) is 0 Å². The maximum atomic E-state index is 12.7. The van der Waals surface area contributed by atoms with Crippen molar-refractivity contribution in [3.63, 3.8) is 0 Å². The molecule has 9 heteroatoms. The van der Waals surface area contributed by atoms with Crippen LogP contribution >= 0.6 is 16.1 Å². The third-order valence-electron chi connectivity index (χ3n) is 4.27. The Kier molecular flexibility index (Phi) is 3.89. The van der Waals surface area contributed by atoms with Gasteiger partial charge in [0.25, 0.3) is 11.8 Å². The summed E-state index contributed by atoms with van der Waals surface area (Å²) in [6.07, 6.45) is 5.28. The molecule has 2 aliphatic heterocycles. The number of carbonyl (C=O) groups is 2. The summed E-state index contributed by atoms with van der Waals surface area (Å²) in [7, 11) is 0. The van der Waals surface area contributed by atoms with Gasteiger partial charge in [-0.05, 0) is 19.1 Å². The molecule has 0 aliphatic carbocycles. The second-order valence-electron chi connectivity index (χ2n) is 5.82. The van der Waals surface area contributed by atoms with Gasteiger partial charge in [-0.25, -0.2) is 8.91 Å². The van der Waals surface area contributed by atoms with Crippen molar-refractivity contribution in [3.8, 4) is 0 Å². The van der Waals surface area contributed by atoms with E-state index >= 15 is 0 Å². The van der Waals surface area contributed by atoms with Crippen LogP contribution in [0.1, 0.15) is 39.5 Å². The molecular weight excluding hydrogens is 388 g/mol. The molecular formula is C16H15BrN6O2. The van der Waals surface area contributed by atoms with Gasteiger partial charge >= 0.3 is 0 Å². The Morgan fingerprint density at radius 3 is 2.48 bits per heavy atom. The van der Waals surface area contributed by atoms with E-state index in [1.54, 1.807) is 36.0 Å². The van der Waals surface area contributed by atoms with E-state index in [9.17, 15) is 9.59 Å². The molecule has 2 aliphatic rings. The number of amides is 2. The number of carbonyl (C=O) groups excluding carboxylic acids is 2. The number of aromatic nitrogens is 3. The molecule has 0 spiro atoms. The van der Waals surface area contributed by atoms with Crippen molar-refractivity contribution in [2.45, 2.75) is 13.0 Å². The molecule has 0 saturated heterocycles. The van der Waals surface area contributed by atoms with Crippen LogP contribution in [0.25, 0.3) is 0 Å². The van der Waals surface area contributed by atoms with Gasteiger partial charge in [-0.3, -0.25) is 19.5 Å². The van der Waals surface area contributed by atoms with E-state index in [-0.39, 0.29) is 11.8 Å². The summed E-state index contributed by atoms with van der Waals surface area (Å²) in [5, 5.41) is 6.09. The zero-order chi connectivity index (χ0) is 17.6. The highest BCUT2D eigenvalue weighted by Gasteiger charge is 2.40. The second-order valence-corrected chi connectivity index (χ2v) is 6.82. The van der Waals surface area contributed by atoms with E-state index in [4.69, 9.17) is 0 Å². The second kappa shape index (κ2) is 6.08. The number of hydrogen-bond donors (Lipinski definition) is 0. The van der Waals surface area contributed by atoms with Crippen LogP contribution in [0.15, 0.2) is 42.9 Å². The highest BCUT2D eigenvalue weighted by Crippen LogP contribution is 2.30. The van der Waals surface area contributed by atoms with E-state index in [2.05, 4.69) is 26.2 Å². The third kappa shape index (κ3) is 2.56. The van der Waals surface area contributed by atoms with Crippen LogP contribution in [0.4, 0.5) is 0 Å². The fourth-order valence-electron chi connectivity index (χ4n) is 3.06. The molecule has 3 heterocycles. The van der Waals surface area contributed by atoms with Gasteiger partial charge in [0, 0.05) is 28.9 Å². The van der Waals surface area contributed by atoms with Gasteiger partial charge in [0.05, 0.1) is 17.2 Å². The van der Waals surface area contributed by atoms with E-state index < -0.39 is 6.04 Å². The van der Waals surface area contributed by atoms with Crippen molar-refractivity contribution < 1.29 is 9.59 Å². The lowest BCUT2D eigenvalue weighted by Gasteiger charge is -2.30. The molecule has 2 amide bonds. The van der Waals surface area contributed by atoms with Crippen LogP contribution < -0.4 is 5.01 Å². The number of rotatable bonds is 3. The van der Waals surface area contributed by atoms with Crippen molar-refractivity contribution in [1.29, 1.82) is 0 Å². The molecule has 4 rings (SSSR count). The number of fused-ring (bicyclic) bond motifs is 1. The predicted molar refractivity (Wildman–Crippen MR) is 93.2 cm³/mol. The Hall–Kier alpha value is -2.52. The molecule has 1 aromatic heterocycles. The summed E-state index contributed by atoms with van der Waals surface area (Å²) in [6, 6.07) is 6.30. The zero-order valence-corrected chi connectivity index (χ0v) is 15.0. The van der Waals surface area contributed by atoms with Gasteiger partial charge in [-0.2, -0.15) is 4.79 Å². The van der Waals surface area contributed by atoms with Crippen LogP contribution in [0, 0.1) is 0 Å². The molecule has 0 bridgehead atoms. The summed E-state index contributed by atoms with van der Waals surface area (Å²) in [5.74, 6) is -0.0973. The van der Waals surface area contributed by atoms with E-state index in [1.165, 1.54) is 11.2 Å². The minimum atomic E-state index is -0.547. The summed E-state index contributed by atoms with van der Waals surface area (Å²) in [5.41, 5.74) is 0.852. The van der Waals surface area contributed by atoms with Gasteiger partial charge in [0.1, 0.15) is 13.0 Å². The fourth-order valence-corrected chi connectivity index (χ4v) is 3.46. The van der Waals surface area contributed by atoms with Crippen LogP contribution in [-0.4, -0.2) is 48.7 Å². The standard InChI is InChI=1S/C16H15BrN6O2/c1-11(22-15(24)12-5-2-3-6-13(12)16(22)25)14-18-9-19-23(14)21-8-4-7-20(17)10-21/h2-6,8-9,11H,7,10H2,1H3. The summed E-state index contributed by atoms with van der Waals surface area (Å²) in [6.45, 7) is 3.11. The quantitative estimate of drug-likeness (QED) is 0.574. The van der Waals surface area contributed by atoms with Gasteiger partial charge < -0.3 is 0 Å². The van der Waals surface area contributed by atoms with Gasteiger partial charge in [0.2, 0.25) is 0 Å². The molecule has 0 N–H and O–H groups in total. The first-order valence-electron chi connectivity index (χ1n) is 7.79. The molecule has 128 valence electrons. The molecule has 1 atom stereocenters. The van der Waals surface area contributed by atoms with E-state index in [0.29, 0.717) is 23.6 Å². The maximum Gasteiger partial charge on any atom is 0.262 e. The van der Waals surface area contributed by atoms with Crippen molar-refractivity contribution in [1.82, 2.24) is 23.7 Å². The minimum Gasteiger partial charge on any atom is -0.269 e. The summed E-state index contributed by atoms with van der Waals surface area (Å²) in [4.78, 5) is 32.5. The molecule has 25 heavy (non-hydrogen) atoms. The van der Waals surface area contributed by atoms with Crippen molar-refractivity contribution in [3.05, 3.63) is 59.8 Å². The minimum absolute atomic E-state index is 0.307. The first kappa shape index (κ1) is 16.0. The number of benzene rings is 1. The topological polar surface area (TPSA) is 74.6 Å². The van der Waals surface area contributed by atoms with E-state index in [0.717, 1.165) is 6.54 Å². The number of imide groups is 1. The van der Waals surface area contributed by atoms with Gasteiger partial charge in [-0.15, -0.1) is 5.10 Å². The van der Waals surface area contributed by atoms with E-state index in [1.807, 2.05) is 21.2 Å². The Balaban J connectivity index is 1.67. The molecule has 0 radical (unpaired) electrons. The van der Waals surface area contributed by atoms with Crippen molar-refractivity contribution in [2.75, 3.05) is 18.2 Å². The third-order valence-corrected chi connectivity index (χ3v) is 4.78. The maximum absolute atomic E-state index is 12.7. The summed E-state index contributed by atoms with van der Waals surface area (Å²) >= 11 is 3.44. The lowest BCUT2D eigenvalue weighted by molar-refractivity contribution is 0.0585. The first-order chi connectivity index (χ1) is 12.1. The molecule has 8 nitrogen and oxygen atoms in total. The van der Waals surface area contributed by atoms with Gasteiger partial charge in [-0.1, -0.05) is 18.2 Å². The summed E-state index contributed by atoms with van der Waals surface area (Å²) < 4.78 is 1.92. The number of nitrogens with zero attached hydrogens (tertiary/aromatic N) is 6. The van der Waals surface area contributed by atoms with Crippen LogP contribution in [0.5, 0.6) is 0 Å². The van der Waals surface area contributed by atoms with Crippen LogP contribution in [0.3, 0.4) is 0 Å². The average Bonchev–Trinajstić information content (AvgIpc) is 3.19. The van der Waals surface area contributed by atoms with Gasteiger partial charge in [0.15, 0.2) is 5.82 Å². The Morgan fingerprint density at radius 2 is 1.84 bits per heavy atom. The lowest BCUT2D eigenvalue weighted by atomic mass is 10.1. The monoisotopic (exact) mass is 402 g/mol. The molecule has 0 fully saturated rings. The van der Waals surface area contributed by atoms with Crippen LogP contribution in [0.2, 0.25) is 0 Å². The Labute approximate surface area is 152 Å². The number of hydrogen-bond acceptors (Lipinski definition) is 6. The first-order valence-corrected chi connectivity index (χ1v) is 8.50. The fraction of sp³-hybridized carbons (Fsp3) is 0.250. The smallest absolute Gasteiger partial charge is 0.262 e. The molecule has 1 unspecified atom stereocenters. The molecule has 2 aromatic rings. The SMILES string of the molecule is CC(c1ncnn1N1C=CCN(Br)C1)N1C(=O)c2ccccc2C1=O. The largest absolute Gasteiger partial charge is 0.269 e.